The van der Waals surface area contributed by atoms with Gasteiger partial charge in [0.25, 0.3) is 0 Å². The van der Waals surface area contributed by atoms with E-state index in [1.807, 2.05) is 19.9 Å². The Hall–Kier alpha value is -3.33. The number of hydrogen-bond acceptors (Lipinski definition) is 5. The van der Waals surface area contributed by atoms with Gasteiger partial charge in [-0.1, -0.05) is 11.6 Å². The largest absolute Gasteiger partial charge is 0.477 e. The molecule has 0 atom stereocenters. The van der Waals surface area contributed by atoms with Crippen molar-refractivity contribution in [1.82, 2.24) is 19.6 Å². The van der Waals surface area contributed by atoms with E-state index >= 15 is 0 Å². The lowest BCUT2D eigenvalue weighted by Gasteiger charge is -2.10. The Kier molecular flexibility index (Phi) is 6.41. The van der Waals surface area contributed by atoms with Gasteiger partial charge in [0.1, 0.15) is 11.4 Å². The fourth-order valence-corrected chi connectivity index (χ4v) is 3.07. The second-order valence-electron chi connectivity index (χ2n) is 6.77. The quantitative estimate of drug-likeness (QED) is 0.565. The first kappa shape index (κ1) is 21.4. The van der Waals surface area contributed by atoms with E-state index < -0.39 is 5.97 Å². The number of ether oxygens (including phenoxy) is 1. The van der Waals surface area contributed by atoms with Crippen molar-refractivity contribution in [3.05, 3.63) is 58.1 Å². The maximum atomic E-state index is 12.4. The van der Waals surface area contributed by atoms with Crippen LogP contribution in [0.15, 0.2) is 30.5 Å². The van der Waals surface area contributed by atoms with Gasteiger partial charge in [-0.05, 0) is 50.6 Å². The van der Waals surface area contributed by atoms with E-state index in [1.54, 1.807) is 23.7 Å². The first-order valence-electron chi connectivity index (χ1n) is 9.24. The Bertz CT molecular complexity index is 1090. The number of hydrogen-bond donors (Lipinski definition) is 2. The lowest BCUT2D eigenvalue weighted by molar-refractivity contribution is -0.116. The Morgan fingerprint density at radius 3 is 2.67 bits per heavy atom. The van der Waals surface area contributed by atoms with Crippen molar-refractivity contribution in [1.29, 1.82) is 0 Å². The van der Waals surface area contributed by atoms with Crippen molar-refractivity contribution < 1.29 is 19.4 Å². The molecule has 0 saturated carbocycles. The van der Waals surface area contributed by atoms with E-state index in [9.17, 15) is 9.59 Å². The molecule has 0 bridgehead atoms. The average molecular weight is 432 g/mol. The van der Waals surface area contributed by atoms with Crippen LogP contribution in [0.25, 0.3) is 0 Å². The first-order chi connectivity index (χ1) is 14.3. The average Bonchev–Trinajstić information content (AvgIpc) is 3.27. The summed E-state index contributed by atoms with van der Waals surface area (Å²) in [5, 5.41) is 21.0. The molecule has 2 N–H and O–H groups in total. The zero-order chi connectivity index (χ0) is 21.8. The van der Waals surface area contributed by atoms with Crippen molar-refractivity contribution in [3.8, 4) is 5.75 Å². The van der Waals surface area contributed by atoms with E-state index in [2.05, 4.69) is 15.5 Å². The minimum Gasteiger partial charge on any atom is -0.477 e. The summed E-state index contributed by atoms with van der Waals surface area (Å²) >= 11 is 6.03. The molecule has 10 heteroatoms. The summed E-state index contributed by atoms with van der Waals surface area (Å²) in [7, 11) is 0. The number of halogens is 1. The Morgan fingerprint density at radius 1 is 1.20 bits per heavy atom. The van der Waals surface area contributed by atoms with Gasteiger partial charge in [-0.25, -0.2) is 9.48 Å². The van der Waals surface area contributed by atoms with Crippen LogP contribution in [0.3, 0.4) is 0 Å². The molecule has 2 aromatic heterocycles. The van der Waals surface area contributed by atoms with Gasteiger partial charge in [0.15, 0.2) is 6.73 Å². The molecule has 0 aliphatic rings. The number of amides is 1. The molecular weight excluding hydrogens is 410 g/mol. The Balaban J connectivity index is 1.61. The van der Waals surface area contributed by atoms with Gasteiger partial charge in [0.2, 0.25) is 5.91 Å². The molecule has 1 aromatic carbocycles. The summed E-state index contributed by atoms with van der Waals surface area (Å²) in [6.45, 7) is 5.86. The van der Waals surface area contributed by atoms with Crippen LogP contribution >= 0.6 is 11.6 Å². The second-order valence-corrected chi connectivity index (χ2v) is 7.18. The normalized spacial score (nSPS) is 10.8. The van der Waals surface area contributed by atoms with E-state index in [0.717, 1.165) is 11.3 Å². The number of rotatable bonds is 8. The third-order valence-electron chi connectivity index (χ3n) is 4.62. The van der Waals surface area contributed by atoms with E-state index in [0.29, 0.717) is 22.2 Å². The minimum atomic E-state index is -1.09. The molecule has 0 aliphatic carbocycles. The van der Waals surface area contributed by atoms with Crippen molar-refractivity contribution in [3.63, 3.8) is 0 Å². The number of aromatic nitrogens is 4. The van der Waals surface area contributed by atoms with Crippen LogP contribution in [-0.2, 0) is 18.1 Å². The standard InChI is InChI=1S/C20H22ClN5O4/c1-12-10-15(4-5-16(12)21)30-11-26-14(3)19(13(2)24-26)23-18(27)7-9-25-17(20(28)29)6-8-22-25/h4-6,8,10H,7,9,11H2,1-3H3,(H,23,27)(H,28,29). The highest BCUT2D eigenvalue weighted by atomic mass is 35.5. The van der Waals surface area contributed by atoms with Crippen LogP contribution in [0.2, 0.25) is 5.02 Å². The summed E-state index contributed by atoms with van der Waals surface area (Å²) in [4.78, 5) is 23.5. The van der Waals surface area contributed by atoms with Gasteiger partial charge in [0.05, 0.1) is 23.6 Å². The number of nitrogens with one attached hydrogen (secondary N) is 1. The Labute approximate surface area is 178 Å². The van der Waals surface area contributed by atoms with Crippen LogP contribution in [0.1, 0.15) is 33.9 Å². The molecule has 0 spiro atoms. The van der Waals surface area contributed by atoms with E-state index in [1.165, 1.54) is 16.9 Å². The predicted molar refractivity (Wildman–Crippen MR) is 111 cm³/mol. The summed E-state index contributed by atoms with van der Waals surface area (Å²) in [5.74, 6) is -0.679. The van der Waals surface area contributed by atoms with Gasteiger partial charge in [0, 0.05) is 17.6 Å². The molecule has 3 rings (SSSR count). The number of carbonyl (C=O) groups is 2. The van der Waals surface area contributed by atoms with Gasteiger partial charge in [-0.2, -0.15) is 10.2 Å². The lowest BCUT2D eigenvalue weighted by Crippen LogP contribution is -2.18. The van der Waals surface area contributed by atoms with Crippen molar-refractivity contribution in [2.45, 2.75) is 40.5 Å². The molecule has 2 heterocycles. The van der Waals surface area contributed by atoms with Gasteiger partial charge in [-0.15, -0.1) is 0 Å². The predicted octanol–water partition coefficient (Wildman–Crippen LogP) is 3.42. The summed E-state index contributed by atoms with van der Waals surface area (Å²) in [5.41, 5.74) is 2.96. The Morgan fingerprint density at radius 2 is 1.97 bits per heavy atom. The molecule has 158 valence electrons. The van der Waals surface area contributed by atoms with Crippen molar-refractivity contribution in [2.75, 3.05) is 5.32 Å². The molecule has 30 heavy (non-hydrogen) atoms. The number of aryl methyl sites for hydroxylation is 3. The van der Waals surface area contributed by atoms with Crippen LogP contribution in [0.4, 0.5) is 5.69 Å². The topological polar surface area (TPSA) is 111 Å². The fraction of sp³-hybridized carbons (Fsp3) is 0.300. The number of carbonyl (C=O) groups excluding carboxylic acids is 1. The number of carboxylic acid groups (broad SMARTS) is 1. The van der Waals surface area contributed by atoms with E-state index in [4.69, 9.17) is 21.4 Å². The molecule has 0 saturated heterocycles. The lowest BCUT2D eigenvalue weighted by atomic mass is 10.2. The number of anilines is 1. The zero-order valence-corrected chi connectivity index (χ0v) is 17.6. The number of nitrogens with zero attached hydrogens (tertiary/aromatic N) is 4. The molecule has 0 aliphatic heterocycles. The highest BCUT2D eigenvalue weighted by Crippen LogP contribution is 2.23. The third kappa shape index (κ3) is 4.80. The van der Waals surface area contributed by atoms with Gasteiger partial charge < -0.3 is 15.2 Å². The highest BCUT2D eigenvalue weighted by Gasteiger charge is 2.16. The molecule has 1 amide bonds. The SMILES string of the molecule is Cc1cc(OCn2nc(C)c(NC(=O)CCn3nccc3C(=O)O)c2C)ccc1Cl. The van der Waals surface area contributed by atoms with Crippen LogP contribution < -0.4 is 10.1 Å². The monoisotopic (exact) mass is 431 g/mol. The number of aromatic carboxylic acids is 1. The zero-order valence-electron chi connectivity index (χ0n) is 16.8. The summed E-state index contributed by atoms with van der Waals surface area (Å²) in [6.07, 6.45) is 1.47. The molecule has 0 unspecified atom stereocenters. The number of benzene rings is 1. The maximum Gasteiger partial charge on any atom is 0.354 e. The highest BCUT2D eigenvalue weighted by molar-refractivity contribution is 6.31. The first-order valence-corrected chi connectivity index (χ1v) is 9.62. The van der Waals surface area contributed by atoms with E-state index in [-0.39, 0.29) is 31.3 Å². The fourth-order valence-electron chi connectivity index (χ4n) is 2.95. The second kappa shape index (κ2) is 9.00. The summed E-state index contributed by atoms with van der Waals surface area (Å²) < 4.78 is 8.72. The van der Waals surface area contributed by atoms with Crippen LogP contribution in [0.5, 0.6) is 5.75 Å². The molecule has 3 aromatic rings. The third-order valence-corrected chi connectivity index (χ3v) is 5.04. The summed E-state index contributed by atoms with van der Waals surface area (Å²) in [6, 6.07) is 6.79. The minimum absolute atomic E-state index is 0.0394. The van der Waals surface area contributed by atoms with Crippen molar-refractivity contribution >= 4 is 29.2 Å². The number of carboxylic acids is 1. The van der Waals surface area contributed by atoms with Gasteiger partial charge >= 0.3 is 5.97 Å². The van der Waals surface area contributed by atoms with Crippen LogP contribution in [-0.4, -0.2) is 36.5 Å². The van der Waals surface area contributed by atoms with Gasteiger partial charge in [-0.3, -0.25) is 9.48 Å². The molecular formula is C20H22ClN5O4. The van der Waals surface area contributed by atoms with Crippen molar-refractivity contribution in [2.24, 2.45) is 0 Å². The molecule has 0 fully saturated rings. The molecule has 9 nitrogen and oxygen atoms in total. The smallest absolute Gasteiger partial charge is 0.354 e. The molecule has 0 radical (unpaired) electrons. The maximum absolute atomic E-state index is 12.4. The van der Waals surface area contributed by atoms with Crippen LogP contribution in [0, 0.1) is 20.8 Å².